The van der Waals surface area contributed by atoms with Crippen LogP contribution in [0.2, 0.25) is 0 Å². The van der Waals surface area contributed by atoms with Gasteiger partial charge in [-0.15, -0.1) is 0 Å². The second kappa shape index (κ2) is 12.2. The predicted molar refractivity (Wildman–Crippen MR) is 138 cm³/mol. The molecule has 7 nitrogen and oxygen atoms in total. The Morgan fingerprint density at radius 1 is 1.00 bits per heavy atom. The molecule has 0 spiro atoms. The van der Waals surface area contributed by atoms with Gasteiger partial charge >= 0.3 is 0 Å². The van der Waals surface area contributed by atoms with E-state index in [1.807, 2.05) is 78.6 Å². The molecule has 0 atom stereocenters. The maximum Gasteiger partial charge on any atom is 0.253 e. The molecule has 0 unspecified atom stereocenters. The number of aromatic nitrogens is 1. The molecule has 7 heteroatoms. The molecule has 3 aromatic rings. The van der Waals surface area contributed by atoms with Crippen LogP contribution < -0.4 is 14.8 Å². The summed E-state index contributed by atoms with van der Waals surface area (Å²) in [6.45, 7) is 4.02. The molecule has 2 aromatic carbocycles. The van der Waals surface area contributed by atoms with Crippen molar-refractivity contribution >= 4 is 11.8 Å². The summed E-state index contributed by atoms with van der Waals surface area (Å²) < 4.78 is 10.9. The summed E-state index contributed by atoms with van der Waals surface area (Å²) in [6.07, 6.45) is 1.90. The molecule has 0 radical (unpaired) electrons. The molecule has 1 aliphatic rings. The van der Waals surface area contributed by atoms with E-state index in [0.29, 0.717) is 38.2 Å². The Balaban J connectivity index is 1.32. The van der Waals surface area contributed by atoms with Crippen LogP contribution in [0.1, 0.15) is 46.1 Å². The van der Waals surface area contributed by atoms with Crippen LogP contribution in [-0.4, -0.2) is 55.0 Å². The van der Waals surface area contributed by atoms with Gasteiger partial charge in [-0.25, -0.2) is 0 Å². The summed E-state index contributed by atoms with van der Waals surface area (Å²) in [5, 5.41) is 2.95. The van der Waals surface area contributed by atoms with Gasteiger partial charge in [-0.1, -0.05) is 30.3 Å². The molecule has 1 saturated heterocycles. The lowest BCUT2D eigenvalue weighted by Crippen LogP contribution is -2.39. The van der Waals surface area contributed by atoms with Crippen molar-refractivity contribution in [1.82, 2.24) is 15.2 Å². The number of nitrogens with zero attached hydrogens (tertiary/aromatic N) is 2. The van der Waals surface area contributed by atoms with E-state index in [9.17, 15) is 9.59 Å². The molecule has 2 heterocycles. The van der Waals surface area contributed by atoms with Crippen molar-refractivity contribution in [2.75, 3.05) is 33.4 Å². The number of hydrogen-bond acceptors (Lipinski definition) is 5. The number of likely N-dealkylation sites (tertiary alicyclic amines) is 1. The Morgan fingerprint density at radius 3 is 2.50 bits per heavy atom. The number of methoxy groups -OCH3 is 1. The average molecular weight is 488 g/mol. The van der Waals surface area contributed by atoms with Crippen molar-refractivity contribution in [2.45, 2.75) is 32.1 Å². The lowest BCUT2D eigenvalue weighted by atomic mass is 9.89. The van der Waals surface area contributed by atoms with Gasteiger partial charge in [0.2, 0.25) is 5.91 Å². The molecule has 0 aliphatic carbocycles. The zero-order chi connectivity index (χ0) is 25.3. The first-order valence-electron chi connectivity index (χ1n) is 12.4. The van der Waals surface area contributed by atoms with E-state index >= 15 is 0 Å². The second-order valence-corrected chi connectivity index (χ2v) is 8.99. The maximum atomic E-state index is 13.0. The zero-order valence-electron chi connectivity index (χ0n) is 20.9. The van der Waals surface area contributed by atoms with Crippen molar-refractivity contribution in [1.29, 1.82) is 0 Å². The highest BCUT2D eigenvalue weighted by Crippen LogP contribution is 2.30. The molecular formula is C29H33N3O4. The number of amides is 2. The predicted octanol–water partition coefficient (Wildman–Crippen LogP) is 4.16. The topological polar surface area (TPSA) is 80.8 Å². The molecule has 1 fully saturated rings. The van der Waals surface area contributed by atoms with Crippen LogP contribution >= 0.6 is 0 Å². The van der Waals surface area contributed by atoms with E-state index in [4.69, 9.17) is 14.5 Å². The fourth-order valence-electron chi connectivity index (χ4n) is 4.50. The Labute approximate surface area is 212 Å². The van der Waals surface area contributed by atoms with Crippen LogP contribution in [0.3, 0.4) is 0 Å². The maximum absolute atomic E-state index is 13.0. The molecule has 36 heavy (non-hydrogen) atoms. The average Bonchev–Trinajstić information content (AvgIpc) is 2.91. The van der Waals surface area contributed by atoms with Crippen molar-refractivity contribution in [2.24, 2.45) is 0 Å². The number of para-hydroxylation sites is 1. The van der Waals surface area contributed by atoms with E-state index in [0.717, 1.165) is 41.3 Å². The van der Waals surface area contributed by atoms with Crippen molar-refractivity contribution in [3.8, 4) is 11.5 Å². The normalized spacial score (nSPS) is 13.8. The van der Waals surface area contributed by atoms with E-state index in [1.165, 1.54) is 0 Å². The number of carbonyl (C=O) groups excluding carboxylic acids is 2. The third kappa shape index (κ3) is 6.62. The first-order chi connectivity index (χ1) is 17.5. The summed E-state index contributed by atoms with van der Waals surface area (Å²) in [5.74, 6) is 1.62. The highest BCUT2D eigenvalue weighted by Gasteiger charge is 2.28. The first-order valence-corrected chi connectivity index (χ1v) is 12.4. The monoisotopic (exact) mass is 487 g/mol. The number of carbonyl (C=O) groups is 2. The van der Waals surface area contributed by atoms with Crippen LogP contribution in [0.15, 0.2) is 66.7 Å². The molecule has 1 N–H and O–H groups in total. The summed E-state index contributed by atoms with van der Waals surface area (Å²) in [5.41, 5.74) is 3.24. The molecule has 2 amide bonds. The minimum Gasteiger partial charge on any atom is -0.497 e. The van der Waals surface area contributed by atoms with Gasteiger partial charge in [0.05, 0.1) is 31.3 Å². The van der Waals surface area contributed by atoms with E-state index in [2.05, 4.69) is 5.32 Å². The molecule has 0 saturated carbocycles. The number of rotatable bonds is 9. The summed E-state index contributed by atoms with van der Waals surface area (Å²) in [7, 11) is 1.62. The van der Waals surface area contributed by atoms with Gasteiger partial charge in [0.1, 0.15) is 18.1 Å². The fourth-order valence-corrected chi connectivity index (χ4v) is 4.50. The fraction of sp³-hybridized carbons (Fsp3) is 0.345. The van der Waals surface area contributed by atoms with Gasteiger partial charge in [-0.3, -0.25) is 14.6 Å². The highest BCUT2D eigenvalue weighted by molar-refractivity contribution is 5.95. The van der Waals surface area contributed by atoms with Crippen molar-refractivity contribution in [3.05, 3.63) is 89.2 Å². The Morgan fingerprint density at radius 2 is 1.75 bits per heavy atom. The second-order valence-electron chi connectivity index (χ2n) is 8.99. The first kappa shape index (κ1) is 25.2. The number of ether oxygens (including phenoxy) is 2. The van der Waals surface area contributed by atoms with Crippen molar-refractivity contribution in [3.63, 3.8) is 0 Å². The number of hydrogen-bond donors (Lipinski definition) is 1. The summed E-state index contributed by atoms with van der Waals surface area (Å²) in [6, 6.07) is 20.9. The molecular weight excluding hydrogens is 454 g/mol. The number of aryl methyl sites for hydroxylation is 1. The number of pyridine rings is 1. The van der Waals surface area contributed by atoms with Gasteiger partial charge in [-0.05, 0) is 61.7 Å². The third-order valence-electron chi connectivity index (χ3n) is 6.43. The van der Waals surface area contributed by atoms with Gasteiger partial charge in [0, 0.05) is 24.7 Å². The van der Waals surface area contributed by atoms with E-state index in [-0.39, 0.29) is 17.7 Å². The van der Waals surface area contributed by atoms with Crippen LogP contribution in [0, 0.1) is 6.92 Å². The van der Waals surface area contributed by atoms with Crippen LogP contribution in [0.25, 0.3) is 0 Å². The number of benzene rings is 2. The van der Waals surface area contributed by atoms with Gasteiger partial charge in [0.15, 0.2) is 0 Å². The Bertz CT molecular complexity index is 1170. The lowest BCUT2D eigenvalue weighted by Gasteiger charge is -2.32. The van der Waals surface area contributed by atoms with Crippen molar-refractivity contribution < 1.29 is 19.1 Å². The zero-order valence-corrected chi connectivity index (χ0v) is 20.9. The van der Waals surface area contributed by atoms with E-state index < -0.39 is 0 Å². The smallest absolute Gasteiger partial charge is 0.253 e. The van der Waals surface area contributed by atoms with Gasteiger partial charge < -0.3 is 19.7 Å². The highest BCUT2D eigenvalue weighted by atomic mass is 16.5. The largest absolute Gasteiger partial charge is 0.497 e. The van der Waals surface area contributed by atoms with Crippen LogP contribution in [-0.2, 0) is 11.2 Å². The SMILES string of the molecule is COc1cccc(CC(=O)N2CCC(c3nc(C)ccc3C(=O)NCCOc3ccccc3)CC2)c1. The lowest BCUT2D eigenvalue weighted by molar-refractivity contribution is -0.131. The van der Waals surface area contributed by atoms with E-state index in [1.54, 1.807) is 7.11 Å². The number of piperidine rings is 1. The Hall–Kier alpha value is -3.87. The minimum atomic E-state index is -0.148. The quantitative estimate of drug-likeness (QED) is 0.459. The summed E-state index contributed by atoms with van der Waals surface area (Å²) >= 11 is 0. The van der Waals surface area contributed by atoms with Crippen LogP contribution in [0.5, 0.6) is 11.5 Å². The molecule has 1 aliphatic heterocycles. The minimum absolute atomic E-state index is 0.107. The number of nitrogens with one attached hydrogen (secondary N) is 1. The molecule has 0 bridgehead atoms. The molecule has 188 valence electrons. The Kier molecular flexibility index (Phi) is 8.55. The summed E-state index contributed by atoms with van der Waals surface area (Å²) in [4.78, 5) is 32.5. The molecule has 4 rings (SSSR count). The van der Waals surface area contributed by atoms with Gasteiger partial charge in [-0.2, -0.15) is 0 Å². The standard InChI is InChI=1S/C29H33N3O4/c1-21-11-12-26(29(34)30-15-18-36-24-8-4-3-5-9-24)28(31-21)23-13-16-32(17-14-23)27(33)20-22-7-6-10-25(19-22)35-2/h3-12,19,23H,13-18,20H2,1-2H3,(H,30,34). The van der Waals surface area contributed by atoms with Gasteiger partial charge in [0.25, 0.3) is 5.91 Å². The van der Waals surface area contributed by atoms with Crippen LogP contribution in [0.4, 0.5) is 0 Å². The molecule has 1 aromatic heterocycles. The third-order valence-corrected chi connectivity index (χ3v) is 6.43.